The molecule has 1 amide bonds. The molecular weight excluding hydrogens is 310 g/mol. The topological polar surface area (TPSA) is 55.4 Å². The summed E-state index contributed by atoms with van der Waals surface area (Å²) in [5.41, 5.74) is 0. The van der Waals surface area contributed by atoms with Crippen LogP contribution in [0.4, 0.5) is 0 Å². The number of hydrogen-bond donors (Lipinski definition) is 1. The summed E-state index contributed by atoms with van der Waals surface area (Å²) in [5.74, 6) is -0.326. The van der Waals surface area contributed by atoms with Crippen molar-refractivity contribution in [1.29, 1.82) is 0 Å². The van der Waals surface area contributed by atoms with Gasteiger partial charge in [0, 0.05) is 9.92 Å². The van der Waals surface area contributed by atoms with Crippen molar-refractivity contribution in [3.05, 3.63) is 29.3 Å². The predicted octanol–water partition coefficient (Wildman–Crippen LogP) is 3.14. The van der Waals surface area contributed by atoms with Crippen LogP contribution in [0.2, 0.25) is 5.02 Å². The van der Waals surface area contributed by atoms with Crippen LogP contribution in [0.3, 0.4) is 0 Å². The SMILES string of the molecule is CC[C@H](C)[C@H](NC(=O)CSc1ccc(Cl)cc1)C(=O)OC. The Hall–Kier alpha value is -1.20. The predicted molar refractivity (Wildman–Crippen MR) is 85.6 cm³/mol. The van der Waals surface area contributed by atoms with Crippen LogP contribution in [0.25, 0.3) is 0 Å². The van der Waals surface area contributed by atoms with Crippen LogP contribution in [0, 0.1) is 5.92 Å². The molecule has 0 spiro atoms. The van der Waals surface area contributed by atoms with Gasteiger partial charge in [-0.05, 0) is 30.2 Å². The second-order valence-electron chi connectivity index (χ2n) is 4.70. The van der Waals surface area contributed by atoms with Gasteiger partial charge in [0.2, 0.25) is 5.91 Å². The Balaban J connectivity index is 2.53. The van der Waals surface area contributed by atoms with Gasteiger partial charge in [0.15, 0.2) is 0 Å². The highest BCUT2D eigenvalue weighted by atomic mass is 35.5. The van der Waals surface area contributed by atoms with E-state index in [0.29, 0.717) is 5.02 Å². The van der Waals surface area contributed by atoms with Crippen molar-refractivity contribution in [2.24, 2.45) is 5.92 Å². The van der Waals surface area contributed by atoms with Crippen LogP contribution in [0.5, 0.6) is 0 Å². The van der Waals surface area contributed by atoms with Crippen molar-refractivity contribution in [1.82, 2.24) is 5.32 Å². The van der Waals surface area contributed by atoms with Crippen LogP contribution in [0.1, 0.15) is 20.3 Å². The lowest BCUT2D eigenvalue weighted by Gasteiger charge is -2.21. The lowest BCUT2D eigenvalue weighted by Crippen LogP contribution is -2.46. The third kappa shape index (κ3) is 5.98. The quantitative estimate of drug-likeness (QED) is 0.617. The van der Waals surface area contributed by atoms with E-state index in [0.717, 1.165) is 11.3 Å². The van der Waals surface area contributed by atoms with Gasteiger partial charge in [0.05, 0.1) is 12.9 Å². The number of halogens is 1. The number of esters is 1. The average Bonchev–Trinajstić information content (AvgIpc) is 2.50. The van der Waals surface area contributed by atoms with E-state index in [1.165, 1.54) is 18.9 Å². The molecule has 0 aliphatic heterocycles. The van der Waals surface area contributed by atoms with Gasteiger partial charge in [0.25, 0.3) is 0 Å². The van der Waals surface area contributed by atoms with Crippen LogP contribution in [0.15, 0.2) is 29.2 Å². The molecule has 0 saturated carbocycles. The number of ether oxygens (including phenoxy) is 1. The second kappa shape index (κ2) is 8.95. The lowest BCUT2D eigenvalue weighted by atomic mass is 9.99. The molecule has 0 saturated heterocycles. The summed E-state index contributed by atoms with van der Waals surface area (Å²) in [5, 5.41) is 3.40. The maximum absolute atomic E-state index is 12.0. The molecule has 0 radical (unpaired) electrons. The van der Waals surface area contributed by atoms with Gasteiger partial charge in [-0.25, -0.2) is 4.79 Å². The first-order valence-electron chi connectivity index (χ1n) is 6.73. The molecule has 0 aliphatic carbocycles. The van der Waals surface area contributed by atoms with Crippen LogP contribution >= 0.6 is 23.4 Å². The van der Waals surface area contributed by atoms with Gasteiger partial charge >= 0.3 is 5.97 Å². The molecule has 0 heterocycles. The van der Waals surface area contributed by atoms with E-state index in [-0.39, 0.29) is 17.6 Å². The molecule has 0 bridgehead atoms. The summed E-state index contributed by atoms with van der Waals surface area (Å²) in [4.78, 5) is 24.6. The van der Waals surface area contributed by atoms with Gasteiger partial charge in [-0.15, -0.1) is 11.8 Å². The number of nitrogens with one attached hydrogen (secondary N) is 1. The number of carbonyl (C=O) groups is 2. The molecule has 6 heteroatoms. The van der Waals surface area contributed by atoms with Crippen molar-refractivity contribution in [2.75, 3.05) is 12.9 Å². The average molecular weight is 330 g/mol. The highest BCUT2D eigenvalue weighted by Gasteiger charge is 2.26. The van der Waals surface area contributed by atoms with Gasteiger partial charge in [0.1, 0.15) is 6.04 Å². The number of methoxy groups -OCH3 is 1. The number of hydrogen-bond acceptors (Lipinski definition) is 4. The Morgan fingerprint density at radius 2 is 1.95 bits per heavy atom. The molecule has 2 atom stereocenters. The van der Waals surface area contributed by atoms with E-state index in [4.69, 9.17) is 16.3 Å². The van der Waals surface area contributed by atoms with Crippen molar-refractivity contribution in [2.45, 2.75) is 31.2 Å². The number of amides is 1. The Morgan fingerprint density at radius 1 is 1.33 bits per heavy atom. The number of thioether (sulfide) groups is 1. The zero-order valence-electron chi connectivity index (χ0n) is 12.4. The zero-order chi connectivity index (χ0) is 15.8. The minimum absolute atomic E-state index is 0.0296. The molecule has 4 nitrogen and oxygen atoms in total. The zero-order valence-corrected chi connectivity index (χ0v) is 14.0. The van der Waals surface area contributed by atoms with Crippen molar-refractivity contribution in [3.63, 3.8) is 0 Å². The molecule has 1 aromatic carbocycles. The first-order valence-corrected chi connectivity index (χ1v) is 8.09. The van der Waals surface area contributed by atoms with Gasteiger partial charge in [-0.2, -0.15) is 0 Å². The fraction of sp³-hybridized carbons (Fsp3) is 0.467. The highest BCUT2D eigenvalue weighted by Crippen LogP contribution is 2.20. The van der Waals surface area contributed by atoms with E-state index in [9.17, 15) is 9.59 Å². The molecule has 21 heavy (non-hydrogen) atoms. The van der Waals surface area contributed by atoms with E-state index < -0.39 is 12.0 Å². The molecule has 1 rings (SSSR count). The Kier molecular flexibility index (Phi) is 7.61. The normalized spacial score (nSPS) is 13.3. The Bertz CT molecular complexity index is 478. The molecule has 1 N–H and O–H groups in total. The van der Waals surface area contributed by atoms with Gasteiger partial charge in [-0.3, -0.25) is 4.79 Å². The van der Waals surface area contributed by atoms with Gasteiger partial charge < -0.3 is 10.1 Å². The third-order valence-electron chi connectivity index (χ3n) is 3.17. The lowest BCUT2D eigenvalue weighted by molar-refractivity contribution is -0.146. The van der Waals surface area contributed by atoms with Crippen molar-refractivity contribution >= 4 is 35.2 Å². The summed E-state index contributed by atoms with van der Waals surface area (Å²) in [6.07, 6.45) is 0.782. The third-order valence-corrected chi connectivity index (χ3v) is 4.43. The Morgan fingerprint density at radius 3 is 2.48 bits per heavy atom. The summed E-state index contributed by atoms with van der Waals surface area (Å²) in [6, 6.07) is 6.66. The first kappa shape index (κ1) is 17.9. The minimum atomic E-state index is -0.599. The van der Waals surface area contributed by atoms with Crippen LogP contribution < -0.4 is 5.32 Å². The van der Waals surface area contributed by atoms with Crippen LogP contribution in [-0.4, -0.2) is 30.8 Å². The van der Waals surface area contributed by atoms with Crippen molar-refractivity contribution < 1.29 is 14.3 Å². The Labute approximate surface area is 134 Å². The monoisotopic (exact) mass is 329 g/mol. The largest absolute Gasteiger partial charge is 0.467 e. The standard InChI is InChI=1S/C15H20ClNO3S/c1-4-10(2)14(15(19)20-3)17-13(18)9-21-12-7-5-11(16)6-8-12/h5-8,10,14H,4,9H2,1-3H3,(H,17,18)/t10-,14-/m0/s1. The van der Waals surface area contributed by atoms with E-state index >= 15 is 0 Å². The van der Waals surface area contributed by atoms with E-state index in [1.807, 2.05) is 26.0 Å². The fourth-order valence-electron chi connectivity index (χ4n) is 1.69. The highest BCUT2D eigenvalue weighted by molar-refractivity contribution is 8.00. The maximum Gasteiger partial charge on any atom is 0.328 e. The number of benzene rings is 1. The fourth-order valence-corrected chi connectivity index (χ4v) is 2.53. The summed E-state index contributed by atoms with van der Waals surface area (Å²) < 4.78 is 4.74. The molecule has 0 aliphatic rings. The molecule has 116 valence electrons. The molecule has 0 fully saturated rings. The maximum atomic E-state index is 12.0. The summed E-state index contributed by atoms with van der Waals surface area (Å²) in [6.45, 7) is 3.88. The minimum Gasteiger partial charge on any atom is -0.467 e. The van der Waals surface area contributed by atoms with E-state index in [2.05, 4.69) is 5.32 Å². The number of carbonyl (C=O) groups excluding carboxylic acids is 2. The molecular formula is C15H20ClNO3S. The number of rotatable bonds is 7. The van der Waals surface area contributed by atoms with Gasteiger partial charge in [-0.1, -0.05) is 31.9 Å². The molecule has 1 aromatic rings. The first-order chi connectivity index (χ1) is 9.97. The van der Waals surface area contributed by atoms with Crippen LogP contribution in [-0.2, 0) is 14.3 Å². The smallest absolute Gasteiger partial charge is 0.328 e. The second-order valence-corrected chi connectivity index (χ2v) is 6.18. The van der Waals surface area contributed by atoms with Crippen molar-refractivity contribution in [3.8, 4) is 0 Å². The summed E-state index contributed by atoms with van der Waals surface area (Å²) >= 11 is 7.20. The molecule has 0 aromatic heterocycles. The molecule has 0 unspecified atom stereocenters. The summed E-state index contributed by atoms with van der Waals surface area (Å²) in [7, 11) is 1.33. The van der Waals surface area contributed by atoms with E-state index in [1.54, 1.807) is 12.1 Å².